The summed E-state index contributed by atoms with van der Waals surface area (Å²) in [5.74, 6) is -0.526. The molecule has 2 aliphatic heterocycles. The first-order chi connectivity index (χ1) is 25.5. The lowest BCUT2D eigenvalue weighted by molar-refractivity contribution is -0.382. The Labute approximate surface area is 327 Å². The Kier molecular flexibility index (Phi) is 12.2. The molecule has 13 nitrogen and oxygen atoms in total. The summed E-state index contributed by atoms with van der Waals surface area (Å²) in [5.41, 5.74) is -1.71. The van der Waals surface area contributed by atoms with Gasteiger partial charge in [0.1, 0.15) is 42.7 Å². The van der Waals surface area contributed by atoms with Crippen molar-refractivity contribution in [3.63, 3.8) is 0 Å². The van der Waals surface area contributed by atoms with E-state index in [1.165, 1.54) is 12.5 Å². The molecule has 0 amide bonds. The van der Waals surface area contributed by atoms with E-state index in [1.807, 2.05) is 20.8 Å². The zero-order chi connectivity index (χ0) is 40.8. The van der Waals surface area contributed by atoms with Gasteiger partial charge >= 0.3 is 0 Å². The standard InChI is InChI=1S/C42H72O13/c1-20(2)11-10-14-42(9,51)22-12-16-40(7)28(22)23(44)17-26-39(6)15-13-27(45)38(4,5)35(39)24(18-41(26,40)8)53-37-34(32(49)30(47)25(19-43)54-37)55-36-33(50)31(48)29(46)21(3)52-36/h11,21-37,43-51H,10,12-19H2,1-9H3/t21-,22?,23+,24-,25+,26+,27-,28-,29-,30+,31+,32-,33+,34+,35+,36-,37+,39+,40-,41-,42-/m0/s1. The Morgan fingerprint density at radius 2 is 1.49 bits per heavy atom. The highest BCUT2D eigenvalue weighted by Crippen LogP contribution is 2.76. The molecule has 0 spiro atoms. The van der Waals surface area contributed by atoms with Gasteiger partial charge in [-0.2, -0.15) is 0 Å². The van der Waals surface area contributed by atoms with Gasteiger partial charge in [0.15, 0.2) is 12.6 Å². The van der Waals surface area contributed by atoms with E-state index in [0.29, 0.717) is 32.1 Å². The smallest absolute Gasteiger partial charge is 0.187 e. The lowest BCUT2D eigenvalue weighted by Crippen LogP contribution is -2.71. The molecule has 4 saturated carbocycles. The molecule has 0 radical (unpaired) electrons. The van der Waals surface area contributed by atoms with Crippen molar-refractivity contribution in [1.29, 1.82) is 0 Å². The molecule has 2 heterocycles. The molecule has 6 fully saturated rings. The van der Waals surface area contributed by atoms with E-state index in [1.54, 1.807) is 0 Å². The van der Waals surface area contributed by atoms with Gasteiger partial charge in [-0.25, -0.2) is 0 Å². The molecule has 0 aromatic heterocycles. The first-order valence-corrected chi connectivity index (χ1v) is 20.8. The molecule has 21 atom stereocenters. The highest BCUT2D eigenvalue weighted by molar-refractivity contribution is 5.22. The van der Waals surface area contributed by atoms with Crippen LogP contribution in [-0.4, -0.2) is 138 Å². The van der Waals surface area contributed by atoms with Crippen LogP contribution in [0, 0.1) is 45.3 Å². The summed E-state index contributed by atoms with van der Waals surface area (Å²) in [6.07, 6.45) is -8.99. The van der Waals surface area contributed by atoms with Gasteiger partial charge in [-0.15, -0.1) is 0 Å². The molecule has 6 aliphatic rings. The van der Waals surface area contributed by atoms with Crippen LogP contribution in [-0.2, 0) is 18.9 Å². The highest BCUT2D eigenvalue weighted by atomic mass is 16.8. The Balaban J connectivity index is 1.38. The van der Waals surface area contributed by atoms with Crippen molar-refractivity contribution < 1.29 is 64.9 Å². The van der Waals surface area contributed by atoms with Gasteiger partial charge < -0.3 is 64.9 Å². The van der Waals surface area contributed by atoms with E-state index < -0.39 is 114 Å². The normalized spacial score (nSPS) is 53.4. The highest BCUT2D eigenvalue weighted by Gasteiger charge is 2.73. The fourth-order valence-corrected chi connectivity index (χ4v) is 13.3. The van der Waals surface area contributed by atoms with Gasteiger partial charge in [0.2, 0.25) is 0 Å². The average molecular weight is 785 g/mol. The van der Waals surface area contributed by atoms with E-state index in [-0.39, 0.29) is 23.7 Å². The largest absolute Gasteiger partial charge is 0.394 e. The van der Waals surface area contributed by atoms with Gasteiger partial charge in [0.25, 0.3) is 0 Å². The zero-order valence-corrected chi connectivity index (χ0v) is 34.4. The number of aliphatic hydroxyl groups excluding tert-OH is 8. The first kappa shape index (κ1) is 43.8. The summed E-state index contributed by atoms with van der Waals surface area (Å²) in [4.78, 5) is 0. The second-order valence-electron chi connectivity index (χ2n) is 20.3. The SMILES string of the molecule is CC(C)=CCC[C@](C)(O)C1CC[C@@]2(C)[C@@H]1[C@H](O)C[C@@H]1[C@@]3(C)CC[C@H](O)C(C)(C)[C@H]3[C@@H](O[C@@H]3O[C@H](CO)[C@@H](O)[C@H](O)[C@H]3O[C@@H]3O[C@@H](C)[C@H](O)[C@@H](O)[C@H]3O)C[C@@]12C. The minimum atomic E-state index is -1.70. The average Bonchev–Trinajstić information content (AvgIpc) is 3.49. The fraction of sp³-hybridized carbons (Fsp3) is 0.952. The summed E-state index contributed by atoms with van der Waals surface area (Å²) in [5, 5.41) is 100. The molecule has 6 rings (SSSR count). The van der Waals surface area contributed by atoms with Crippen molar-refractivity contribution in [2.75, 3.05) is 6.61 Å². The van der Waals surface area contributed by atoms with E-state index in [0.717, 1.165) is 19.3 Å². The van der Waals surface area contributed by atoms with Crippen LogP contribution in [0.1, 0.15) is 114 Å². The van der Waals surface area contributed by atoms with Crippen LogP contribution in [0.25, 0.3) is 0 Å². The zero-order valence-electron chi connectivity index (χ0n) is 34.4. The molecule has 9 N–H and O–H groups in total. The van der Waals surface area contributed by atoms with E-state index >= 15 is 0 Å². The number of allylic oxidation sites excluding steroid dienone is 2. The first-order valence-electron chi connectivity index (χ1n) is 20.8. The van der Waals surface area contributed by atoms with Crippen molar-refractivity contribution >= 4 is 0 Å². The number of rotatable bonds is 9. The third-order valence-corrected chi connectivity index (χ3v) is 16.5. The van der Waals surface area contributed by atoms with Crippen molar-refractivity contribution in [2.24, 2.45) is 45.3 Å². The van der Waals surface area contributed by atoms with Crippen molar-refractivity contribution in [3.05, 3.63) is 11.6 Å². The lowest BCUT2D eigenvalue weighted by Gasteiger charge is -2.72. The Bertz CT molecular complexity index is 1390. The van der Waals surface area contributed by atoms with Crippen LogP contribution < -0.4 is 0 Å². The van der Waals surface area contributed by atoms with Crippen LogP contribution in [0.3, 0.4) is 0 Å². The molecule has 0 aromatic carbocycles. The van der Waals surface area contributed by atoms with Crippen LogP contribution in [0.5, 0.6) is 0 Å². The van der Waals surface area contributed by atoms with Crippen molar-refractivity contribution in [2.45, 2.75) is 199 Å². The number of ether oxygens (including phenoxy) is 4. The maximum absolute atomic E-state index is 12.3. The third kappa shape index (κ3) is 7.10. The molecule has 55 heavy (non-hydrogen) atoms. The maximum Gasteiger partial charge on any atom is 0.187 e. The molecule has 1 unspecified atom stereocenters. The Morgan fingerprint density at radius 3 is 2.13 bits per heavy atom. The van der Waals surface area contributed by atoms with E-state index in [9.17, 15) is 46.0 Å². The number of hydrogen-bond donors (Lipinski definition) is 9. The summed E-state index contributed by atoms with van der Waals surface area (Å²) >= 11 is 0. The molecule has 4 aliphatic carbocycles. The van der Waals surface area contributed by atoms with E-state index in [2.05, 4.69) is 40.7 Å². The quantitative estimate of drug-likeness (QED) is 0.121. The predicted molar refractivity (Wildman–Crippen MR) is 201 cm³/mol. The fourth-order valence-electron chi connectivity index (χ4n) is 13.3. The van der Waals surface area contributed by atoms with Gasteiger partial charge in [-0.1, -0.05) is 46.3 Å². The van der Waals surface area contributed by atoms with Crippen LogP contribution in [0.15, 0.2) is 11.6 Å². The summed E-state index contributed by atoms with van der Waals surface area (Å²) in [7, 11) is 0. The Hall–Kier alpha value is -0.780. The second-order valence-corrected chi connectivity index (χ2v) is 20.3. The second kappa shape index (κ2) is 15.4. The molecule has 0 bridgehead atoms. The monoisotopic (exact) mass is 784 g/mol. The Morgan fingerprint density at radius 1 is 0.818 bits per heavy atom. The van der Waals surface area contributed by atoms with Gasteiger partial charge in [0.05, 0.1) is 36.6 Å². The summed E-state index contributed by atoms with van der Waals surface area (Å²) < 4.78 is 25.1. The number of aliphatic hydroxyl groups is 9. The third-order valence-electron chi connectivity index (χ3n) is 16.5. The number of fused-ring (bicyclic) bond motifs is 5. The molecule has 13 heteroatoms. The van der Waals surface area contributed by atoms with Crippen molar-refractivity contribution in [1.82, 2.24) is 0 Å². The number of hydrogen-bond acceptors (Lipinski definition) is 13. The van der Waals surface area contributed by atoms with Crippen molar-refractivity contribution in [3.8, 4) is 0 Å². The maximum atomic E-state index is 12.3. The minimum Gasteiger partial charge on any atom is -0.394 e. The predicted octanol–water partition coefficient (Wildman–Crippen LogP) is 2.15. The molecular formula is C42H72O13. The molecular weight excluding hydrogens is 712 g/mol. The van der Waals surface area contributed by atoms with Crippen LogP contribution in [0.2, 0.25) is 0 Å². The summed E-state index contributed by atoms with van der Waals surface area (Å²) in [6, 6.07) is 0. The van der Waals surface area contributed by atoms with Crippen LogP contribution >= 0.6 is 0 Å². The van der Waals surface area contributed by atoms with Gasteiger partial charge in [0, 0.05) is 0 Å². The molecule has 0 aromatic rings. The van der Waals surface area contributed by atoms with Gasteiger partial charge in [-0.3, -0.25) is 0 Å². The topological polar surface area (TPSA) is 219 Å². The minimum absolute atomic E-state index is 0.0411. The molecule has 2 saturated heterocycles. The lowest BCUT2D eigenvalue weighted by atomic mass is 9.34. The van der Waals surface area contributed by atoms with E-state index in [4.69, 9.17) is 18.9 Å². The molecule has 318 valence electrons. The van der Waals surface area contributed by atoms with Gasteiger partial charge in [-0.05, 0) is 124 Å². The summed E-state index contributed by atoms with van der Waals surface area (Å²) in [6.45, 7) is 17.8. The van der Waals surface area contributed by atoms with Crippen LogP contribution in [0.4, 0.5) is 0 Å².